The van der Waals surface area contributed by atoms with Gasteiger partial charge in [-0.15, -0.1) is 10.2 Å². The molecule has 1 heterocycles. The summed E-state index contributed by atoms with van der Waals surface area (Å²) in [5.41, 5.74) is 7.92. The van der Waals surface area contributed by atoms with Crippen LogP contribution in [0.1, 0.15) is 37.5 Å². The van der Waals surface area contributed by atoms with Crippen LogP contribution in [0, 0.1) is 6.92 Å². The Labute approximate surface area is 210 Å². The molecule has 0 saturated carbocycles. The first-order chi connectivity index (χ1) is 16.8. The number of thioether (sulfide) groups is 1. The number of benzene rings is 3. The van der Waals surface area contributed by atoms with Crippen LogP contribution in [0.15, 0.2) is 89.1 Å². The van der Waals surface area contributed by atoms with Crippen molar-refractivity contribution in [2.45, 2.75) is 38.3 Å². The predicted molar refractivity (Wildman–Crippen MR) is 143 cm³/mol. The number of carbonyl (C=O) groups is 1. The van der Waals surface area contributed by atoms with Crippen LogP contribution in [0.3, 0.4) is 0 Å². The summed E-state index contributed by atoms with van der Waals surface area (Å²) in [4.78, 5) is 12.4. The first-order valence-electron chi connectivity index (χ1n) is 11.4. The summed E-state index contributed by atoms with van der Waals surface area (Å²) in [7, 11) is 0. The largest absolute Gasteiger partial charge is 0.272 e. The second-order valence-electron chi connectivity index (χ2n) is 9.30. The van der Waals surface area contributed by atoms with E-state index in [2.05, 4.69) is 65.8 Å². The van der Waals surface area contributed by atoms with Gasteiger partial charge in [-0.2, -0.15) is 5.10 Å². The third-order valence-corrected chi connectivity index (χ3v) is 6.40. The third-order valence-electron chi connectivity index (χ3n) is 5.47. The highest BCUT2D eigenvalue weighted by Gasteiger charge is 2.19. The molecule has 0 aliphatic carbocycles. The van der Waals surface area contributed by atoms with Crippen LogP contribution in [0.4, 0.5) is 0 Å². The van der Waals surface area contributed by atoms with Crippen LogP contribution in [-0.4, -0.2) is 32.6 Å². The molecule has 178 valence electrons. The molecule has 0 saturated heterocycles. The molecule has 1 N–H and O–H groups in total. The third kappa shape index (κ3) is 6.25. The van der Waals surface area contributed by atoms with E-state index >= 15 is 0 Å². The summed E-state index contributed by atoms with van der Waals surface area (Å²) in [6.45, 7) is 8.61. The first-order valence-corrected chi connectivity index (χ1v) is 12.4. The second-order valence-corrected chi connectivity index (χ2v) is 10.2. The Kier molecular flexibility index (Phi) is 7.46. The van der Waals surface area contributed by atoms with Crippen molar-refractivity contribution in [3.05, 3.63) is 95.6 Å². The van der Waals surface area contributed by atoms with Crippen LogP contribution in [0.5, 0.6) is 0 Å². The normalized spacial score (nSPS) is 11.7. The Morgan fingerprint density at radius 2 is 1.66 bits per heavy atom. The molecule has 0 spiro atoms. The second kappa shape index (κ2) is 10.7. The Morgan fingerprint density at radius 1 is 0.971 bits per heavy atom. The summed E-state index contributed by atoms with van der Waals surface area (Å²) in [5, 5.41) is 13.6. The fraction of sp³-hybridized carbons (Fsp3) is 0.214. The Bertz CT molecular complexity index is 1300. The van der Waals surface area contributed by atoms with Crippen molar-refractivity contribution in [3.63, 3.8) is 0 Å². The zero-order valence-corrected chi connectivity index (χ0v) is 21.2. The van der Waals surface area contributed by atoms with Gasteiger partial charge in [0.25, 0.3) is 5.91 Å². The Morgan fingerprint density at radius 3 is 2.31 bits per heavy atom. The van der Waals surface area contributed by atoms with Gasteiger partial charge in [-0.25, -0.2) is 5.43 Å². The zero-order valence-electron chi connectivity index (χ0n) is 20.4. The number of aromatic nitrogens is 3. The van der Waals surface area contributed by atoms with Gasteiger partial charge in [0.2, 0.25) is 0 Å². The molecule has 0 unspecified atom stereocenters. The highest BCUT2D eigenvalue weighted by atomic mass is 32.2. The van der Waals surface area contributed by atoms with Crippen LogP contribution < -0.4 is 5.43 Å². The minimum Gasteiger partial charge on any atom is -0.272 e. The van der Waals surface area contributed by atoms with Gasteiger partial charge >= 0.3 is 0 Å². The Balaban J connectivity index is 1.51. The van der Waals surface area contributed by atoms with Crippen molar-refractivity contribution in [1.82, 2.24) is 20.2 Å². The smallest absolute Gasteiger partial charge is 0.250 e. The van der Waals surface area contributed by atoms with Gasteiger partial charge in [-0.3, -0.25) is 9.36 Å². The highest BCUT2D eigenvalue weighted by molar-refractivity contribution is 7.99. The van der Waals surface area contributed by atoms with E-state index in [0.29, 0.717) is 5.16 Å². The van der Waals surface area contributed by atoms with Gasteiger partial charge in [-0.1, -0.05) is 105 Å². The number of amides is 1. The number of aryl methyl sites for hydroxylation is 1. The van der Waals surface area contributed by atoms with Crippen molar-refractivity contribution in [2.75, 3.05) is 5.75 Å². The number of nitrogens with one attached hydrogen (secondary N) is 1. The lowest BCUT2D eigenvalue weighted by molar-refractivity contribution is -0.118. The molecular weight excluding hydrogens is 454 g/mol. The highest BCUT2D eigenvalue weighted by Crippen LogP contribution is 2.30. The molecule has 0 aliphatic heterocycles. The summed E-state index contributed by atoms with van der Waals surface area (Å²) in [6.07, 6.45) is 1.63. The monoisotopic (exact) mass is 483 g/mol. The molecule has 35 heavy (non-hydrogen) atoms. The average Bonchev–Trinajstić information content (AvgIpc) is 3.28. The van der Waals surface area contributed by atoms with E-state index in [4.69, 9.17) is 0 Å². The minimum absolute atomic E-state index is 0.0714. The molecule has 0 aliphatic rings. The van der Waals surface area contributed by atoms with Crippen LogP contribution >= 0.6 is 11.8 Å². The van der Waals surface area contributed by atoms with Gasteiger partial charge in [0.05, 0.1) is 12.0 Å². The molecule has 6 nitrogen and oxygen atoms in total. The maximum Gasteiger partial charge on any atom is 0.250 e. The summed E-state index contributed by atoms with van der Waals surface area (Å²) in [5.74, 6) is 0.688. The van der Waals surface area contributed by atoms with E-state index < -0.39 is 0 Å². The molecule has 0 radical (unpaired) electrons. The van der Waals surface area contributed by atoms with E-state index in [-0.39, 0.29) is 17.1 Å². The molecule has 4 aromatic rings. The molecule has 1 aromatic heterocycles. The zero-order chi connectivity index (χ0) is 24.8. The minimum atomic E-state index is -0.211. The van der Waals surface area contributed by atoms with Gasteiger partial charge in [-0.05, 0) is 35.6 Å². The van der Waals surface area contributed by atoms with Crippen molar-refractivity contribution < 1.29 is 4.79 Å². The van der Waals surface area contributed by atoms with Crippen molar-refractivity contribution in [1.29, 1.82) is 0 Å². The van der Waals surface area contributed by atoms with Crippen molar-refractivity contribution >= 4 is 23.9 Å². The first kappa shape index (κ1) is 24.4. The van der Waals surface area contributed by atoms with Gasteiger partial charge in [0.15, 0.2) is 11.0 Å². The van der Waals surface area contributed by atoms with E-state index in [1.807, 2.05) is 66.1 Å². The summed E-state index contributed by atoms with van der Waals surface area (Å²) < 4.78 is 1.99. The van der Waals surface area contributed by atoms with Gasteiger partial charge in [0, 0.05) is 11.3 Å². The number of hydrogen-bond acceptors (Lipinski definition) is 5. The molecule has 7 heteroatoms. The van der Waals surface area contributed by atoms with Crippen LogP contribution in [0.2, 0.25) is 0 Å². The van der Waals surface area contributed by atoms with Crippen LogP contribution in [0.25, 0.3) is 17.1 Å². The average molecular weight is 484 g/mol. The lowest BCUT2D eigenvalue weighted by Crippen LogP contribution is -2.20. The molecule has 0 bridgehead atoms. The molecular formula is C28H29N5OS. The predicted octanol–water partition coefficient (Wildman–Crippen LogP) is 5.78. The fourth-order valence-electron chi connectivity index (χ4n) is 3.47. The number of carbonyl (C=O) groups excluding carboxylic acids is 1. The molecule has 3 aromatic carbocycles. The summed E-state index contributed by atoms with van der Waals surface area (Å²) in [6, 6.07) is 26.3. The lowest BCUT2D eigenvalue weighted by Gasteiger charge is -2.19. The van der Waals surface area contributed by atoms with Gasteiger partial charge in [0.1, 0.15) is 0 Å². The Hall–Kier alpha value is -3.71. The van der Waals surface area contributed by atoms with E-state index in [9.17, 15) is 4.79 Å². The molecule has 0 fully saturated rings. The van der Waals surface area contributed by atoms with Crippen LogP contribution in [-0.2, 0) is 10.2 Å². The van der Waals surface area contributed by atoms with Crippen molar-refractivity contribution in [2.24, 2.45) is 5.10 Å². The number of para-hydroxylation sites is 1. The topological polar surface area (TPSA) is 72.2 Å². The van der Waals surface area contributed by atoms with E-state index in [0.717, 1.165) is 22.6 Å². The quantitative estimate of drug-likeness (QED) is 0.205. The molecule has 4 rings (SSSR count). The fourth-order valence-corrected chi connectivity index (χ4v) is 4.22. The number of hydrogen-bond donors (Lipinski definition) is 1. The SMILES string of the molecule is Cc1ccc(/C=N\NC(=O)CSc2nnc(-c3ccc(C(C)(C)C)cc3)n2-c2ccccc2)cc1. The standard InChI is InChI=1S/C28H29N5OS/c1-20-10-12-21(13-11-20)18-29-30-25(34)19-35-27-32-31-26(33(27)24-8-6-5-7-9-24)22-14-16-23(17-15-22)28(2,3)4/h5-18H,19H2,1-4H3,(H,30,34)/b29-18-. The van der Waals surface area contributed by atoms with Gasteiger partial charge < -0.3 is 0 Å². The number of hydrazone groups is 1. The van der Waals surface area contributed by atoms with E-state index in [1.54, 1.807) is 6.21 Å². The maximum atomic E-state index is 12.4. The summed E-state index contributed by atoms with van der Waals surface area (Å²) >= 11 is 1.32. The van der Waals surface area contributed by atoms with E-state index in [1.165, 1.54) is 22.9 Å². The molecule has 1 amide bonds. The van der Waals surface area contributed by atoms with Crippen molar-refractivity contribution in [3.8, 4) is 17.1 Å². The number of rotatable bonds is 7. The number of nitrogens with zero attached hydrogens (tertiary/aromatic N) is 4. The lowest BCUT2D eigenvalue weighted by atomic mass is 9.87. The maximum absolute atomic E-state index is 12.4. The molecule has 0 atom stereocenters.